The maximum Gasteiger partial charge on any atom is 0.303 e. The zero-order valence-electron chi connectivity index (χ0n) is 13.3. The summed E-state index contributed by atoms with van der Waals surface area (Å²) in [4.78, 5) is 34.7. The first-order chi connectivity index (χ1) is 10.8. The molecule has 0 bridgehead atoms. The van der Waals surface area contributed by atoms with Gasteiger partial charge in [0.05, 0.1) is 19.1 Å². The molecule has 6 atom stereocenters. The van der Waals surface area contributed by atoms with E-state index in [9.17, 15) is 14.4 Å². The third-order valence-corrected chi connectivity index (χ3v) is 4.66. The van der Waals surface area contributed by atoms with Crippen LogP contribution in [-0.4, -0.2) is 55.2 Å². The Balaban J connectivity index is 2.02. The zero-order valence-corrected chi connectivity index (χ0v) is 13.3. The topological polar surface area (TPSA) is 97.4 Å². The Morgan fingerprint density at radius 3 is 2.30 bits per heavy atom. The summed E-state index contributed by atoms with van der Waals surface area (Å²) in [6, 6.07) is 0. The summed E-state index contributed by atoms with van der Waals surface area (Å²) in [7, 11) is 0. The molecule has 8 heteroatoms. The number of esters is 3. The van der Waals surface area contributed by atoms with E-state index in [-0.39, 0.29) is 18.4 Å². The number of carbonyl (C=O) groups is 3. The summed E-state index contributed by atoms with van der Waals surface area (Å²) in [6.45, 7) is 4.31. The van der Waals surface area contributed by atoms with Crippen molar-refractivity contribution in [2.45, 2.75) is 51.3 Å². The highest BCUT2D eigenvalue weighted by molar-refractivity contribution is 5.69. The molecule has 2 aliphatic heterocycles. The van der Waals surface area contributed by atoms with E-state index >= 15 is 0 Å². The number of hydrogen-bond donors (Lipinski definition) is 0. The number of rotatable bonds is 3. The molecule has 3 fully saturated rings. The first-order valence-electron chi connectivity index (χ1n) is 7.62. The molecule has 0 amide bonds. The minimum absolute atomic E-state index is 0.0358. The van der Waals surface area contributed by atoms with E-state index < -0.39 is 42.0 Å². The van der Waals surface area contributed by atoms with Crippen molar-refractivity contribution in [3.8, 4) is 0 Å². The third kappa shape index (κ3) is 2.59. The van der Waals surface area contributed by atoms with Gasteiger partial charge in [0.25, 0.3) is 0 Å². The van der Waals surface area contributed by atoms with E-state index in [0.717, 1.165) is 0 Å². The van der Waals surface area contributed by atoms with Crippen LogP contribution in [0.3, 0.4) is 0 Å². The molecule has 8 nitrogen and oxygen atoms in total. The van der Waals surface area contributed by atoms with Gasteiger partial charge in [-0.3, -0.25) is 14.4 Å². The van der Waals surface area contributed by atoms with Crippen LogP contribution in [0.4, 0.5) is 0 Å². The molecule has 0 spiro atoms. The van der Waals surface area contributed by atoms with Crippen molar-refractivity contribution < 1.29 is 38.1 Å². The SMILES string of the molecule is CC(=O)O[C@H]1[C@@H]2CCO[C@@H]3OC[C@@](OC(C)=O)([C@@H]32)[C@@H]1OC(C)=O. The minimum atomic E-state index is -1.19. The van der Waals surface area contributed by atoms with Crippen LogP contribution in [-0.2, 0) is 38.1 Å². The van der Waals surface area contributed by atoms with Crippen LogP contribution < -0.4 is 0 Å². The number of hydrogen-bond acceptors (Lipinski definition) is 8. The fraction of sp³-hybridized carbons (Fsp3) is 0.800. The summed E-state index contributed by atoms with van der Waals surface area (Å²) in [5.41, 5.74) is -1.19. The van der Waals surface area contributed by atoms with Crippen LogP contribution in [0.2, 0.25) is 0 Å². The highest BCUT2D eigenvalue weighted by Gasteiger charge is 2.72. The summed E-state index contributed by atoms with van der Waals surface area (Å²) < 4.78 is 27.7. The molecule has 0 aromatic heterocycles. The van der Waals surface area contributed by atoms with Crippen LogP contribution in [0, 0.1) is 11.8 Å². The molecule has 1 saturated carbocycles. The van der Waals surface area contributed by atoms with Crippen molar-refractivity contribution in [3.05, 3.63) is 0 Å². The lowest BCUT2D eigenvalue weighted by Gasteiger charge is -2.34. The second kappa shape index (κ2) is 5.76. The van der Waals surface area contributed by atoms with Gasteiger partial charge in [0.15, 0.2) is 18.0 Å². The van der Waals surface area contributed by atoms with Gasteiger partial charge in [-0.05, 0) is 6.42 Å². The third-order valence-electron chi connectivity index (χ3n) is 4.66. The van der Waals surface area contributed by atoms with E-state index in [1.807, 2.05) is 0 Å². The Morgan fingerprint density at radius 1 is 1.00 bits per heavy atom. The normalized spacial score (nSPS) is 41.1. The van der Waals surface area contributed by atoms with E-state index in [4.69, 9.17) is 23.7 Å². The predicted octanol–water partition coefficient (Wildman–Crippen LogP) is 0.174. The van der Waals surface area contributed by atoms with Crippen molar-refractivity contribution in [2.75, 3.05) is 13.2 Å². The Hall–Kier alpha value is -1.67. The van der Waals surface area contributed by atoms with Gasteiger partial charge in [0.1, 0.15) is 6.10 Å². The van der Waals surface area contributed by atoms with Gasteiger partial charge in [-0.1, -0.05) is 0 Å². The van der Waals surface area contributed by atoms with Crippen LogP contribution in [0.25, 0.3) is 0 Å². The van der Waals surface area contributed by atoms with Gasteiger partial charge in [-0.2, -0.15) is 0 Å². The van der Waals surface area contributed by atoms with Gasteiger partial charge in [0, 0.05) is 26.7 Å². The molecule has 0 N–H and O–H groups in total. The Bertz CT molecular complexity index is 532. The second-order valence-electron chi connectivity index (χ2n) is 6.18. The van der Waals surface area contributed by atoms with Crippen LogP contribution in [0.1, 0.15) is 27.2 Å². The molecule has 0 aromatic carbocycles. The van der Waals surface area contributed by atoms with Crippen LogP contribution in [0.15, 0.2) is 0 Å². The van der Waals surface area contributed by atoms with Crippen molar-refractivity contribution >= 4 is 17.9 Å². The largest absolute Gasteiger partial charge is 0.458 e. The standard InChI is InChI=1S/C15H20O8/c1-7(16)21-12-10-4-5-19-14-11(10)15(6-20-14,23-9(3)18)13(12)22-8(2)17/h10-14H,4-6H2,1-3H3/t10-,11-,12+,13-,14-,15-/m1/s1. The van der Waals surface area contributed by atoms with Gasteiger partial charge in [-0.25, -0.2) is 0 Å². The second-order valence-corrected chi connectivity index (χ2v) is 6.18. The molecule has 0 aromatic rings. The molecular formula is C15H20O8. The summed E-state index contributed by atoms with van der Waals surface area (Å²) in [6.07, 6.45) is -1.55. The average Bonchev–Trinajstić information content (AvgIpc) is 2.91. The Morgan fingerprint density at radius 2 is 1.70 bits per heavy atom. The summed E-state index contributed by atoms with van der Waals surface area (Å²) in [5.74, 6) is -2.03. The fourth-order valence-corrected chi connectivity index (χ4v) is 4.11. The Kier molecular flexibility index (Phi) is 4.05. The van der Waals surface area contributed by atoms with E-state index in [1.54, 1.807) is 0 Å². The smallest absolute Gasteiger partial charge is 0.303 e. The Labute approximate surface area is 133 Å². The quantitative estimate of drug-likeness (QED) is 0.534. The van der Waals surface area contributed by atoms with Gasteiger partial charge in [-0.15, -0.1) is 0 Å². The molecule has 23 heavy (non-hydrogen) atoms. The lowest BCUT2D eigenvalue weighted by Crippen LogP contribution is -2.52. The lowest BCUT2D eigenvalue weighted by molar-refractivity contribution is -0.196. The maximum atomic E-state index is 11.7. The molecule has 3 aliphatic rings. The van der Waals surface area contributed by atoms with Crippen LogP contribution >= 0.6 is 0 Å². The van der Waals surface area contributed by atoms with E-state index in [0.29, 0.717) is 13.0 Å². The van der Waals surface area contributed by atoms with Gasteiger partial charge >= 0.3 is 17.9 Å². The molecule has 2 heterocycles. The number of carbonyl (C=O) groups excluding carboxylic acids is 3. The average molecular weight is 328 g/mol. The molecule has 1 aliphatic carbocycles. The van der Waals surface area contributed by atoms with Crippen LogP contribution in [0.5, 0.6) is 0 Å². The first kappa shape index (κ1) is 16.2. The summed E-state index contributed by atoms with van der Waals surface area (Å²) >= 11 is 0. The fourth-order valence-electron chi connectivity index (χ4n) is 4.11. The lowest BCUT2D eigenvalue weighted by atomic mass is 9.84. The summed E-state index contributed by atoms with van der Waals surface area (Å²) in [5, 5.41) is 0. The highest BCUT2D eigenvalue weighted by Crippen LogP contribution is 2.55. The molecule has 3 rings (SSSR count). The maximum absolute atomic E-state index is 11.7. The van der Waals surface area contributed by atoms with Gasteiger partial charge < -0.3 is 23.7 Å². The van der Waals surface area contributed by atoms with E-state index in [2.05, 4.69) is 0 Å². The number of ether oxygens (including phenoxy) is 5. The van der Waals surface area contributed by atoms with Crippen molar-refractivity contribution in [3.63, 3.8) is 0 Å². The van der Waals surface area contributed by atoms with Gasteiger partial charge in [0.2, 0.25) is 0 Å². The van der Waals surface area contributed by atoms with Crippen molar-refractivity contribution in [1.29, 1.82) is 0 Å². The predicted molar refractivity (Wildman–Crippen MR) is 72.9 cm³/mol. The molecular weight excluding hydrogens is 308 g/mol. The minimum Gasteiger partial charge on any atom is -0.458 e. The molecule has 128 valence electrons. The molecule has 2 saturated heterocycles. The molecule has 0 unspecified atom stereocenters. The van der Waals surface area contributed by atoms with E-state index in [1.165, 1.54) is 20.8 Å². The zero-order chi connectivity index (χ0) is 16.8. The monoisotopic (exact) mass is 328 g/mol. The molecule has 0 radical (unpaired) electrons. The van der Waals surface area contributed by atoms with Crippen molar-refractivity contribution in [2.24, 2.45) is 11.8 Å². The van der Waals surface area contributed by atoms with Crippen molar-refractivity contribution in [1.82, 2.24) is 0 Å². The highest BCUT2D eigenvalue weighted by atomic mass is 16.7. The first-order valence-corrected chi connectivity index (χ1v) is 7.62.